The third kappa shape index (κ3) is 4.24. The smallest absolute Gasteiger partial charge is 0.243 e. The van der Waals surface area contributed by atoms with Gasteiger partial charge in [0.1, 0.15) is 5.82 Å². The highest BCUT2D eigenvalue weighted by Gasteiger charge is 2.44. The van der Waals surface area contributed by atoms with Crippen LogP contribution in [0.5, 0.6) is 0 Å². The lowest BCUT2D eigenvalue weighted by Crippen LogP contribution is -2.60. The first-order valence-electron chi connectivity index (χ1n) is 11.3. The first kappa shape index (κ1) is 22.0. The van der Waals surface area contributed by atoms with Gasteiger partial charge in [0.2, 0.25) is 11.8 Å². The molecule has 0 bridgehead atoms. The quantitative estimate of drug-likeness (QED) is 0.648. The van der Waals surface area contributed by atoms with Gasteiger partial charge in [-0.15, -0.1) is 0 Å². The molecule has 3 N–H and O–H groups in total. The second-order valence-corrected chi connectivity index (χ2v) is 9.16. The Morgan fingerprint density at radius 2 is 1.82 bits per heavy atom. The van der Waals surface area contributed by atoms with Crippen LogP contribution in [0.2, 0.25) is 0 Å². The average Bonchev–Trinajstić information content (AvgIpc) is 3.19. The Bertz CT molecular complexity index is 1040. The largest absolute Gasteiger partial charge is 0.336 e. The first-order chi connectivity index (χ1) is 15.9. The molecule has 2 aromatic rings. The molecule has 2 aromatic carbocycles. The van der Waals surface area contributed by atoms with E-state index in [2.05, 4.69) is 28.4 Å². The number of carbonyl (C=O) groups is 2. The summed E-state index contributed by atoms with van der Waals surface area (Å²) in [6.07, 6.45) is 0.262. The van der Waals surface area contributed by atoms with Crippen molar-refractivity contribution in [2.75, 3.05) is 31.7 Å². The van der Waals surface area contributed by atoms with E-state index in [1.54, 1.807) is 19.1 Å². The van der Waals surface area contributed by atoms with E-state index in [0.29, 0.717) is 18.7 Å². The normalized spacial score (nSPS) is 26.1. The fourth-order valence-corrected chi connectivity index (χ4v) is 4.88. The van der Waals surface area contributed by atoms with Gasteiger partial charge in [-0.1, -0.05) is 36.4 Å². The number of hydrogen-bond acceptors (Lipinski definition) is 6. The molecule has 5 rings (SSSR count). The number of anilines is 1. The zero-order valence-corrected chi connectivity index (χ0v) is 18.8. The minimum Gasteiger partial charge on any atom is -0.336 e. The number of nitrogens with one attached hydrogen (secondary N) is 3. The average molecular weight is 453 g/mol. The standard InChI is InChI=1S/C24H29FN6O2/c1-15-4-3-5-18(25)24(15)31-20(32)12-19-23(28-31)22(27-26-19)17-8-6-16(7-9-17)13-30-11-10-29(2)14-21(30)33/h3-9,19,22-23,26-28H,10-14H2,1-2H3. The van der Waals surface area contributed by atoms with Crippen LogP contribution in [-0.4, -0.2) is 60.4 Å². The molecule has 0 saturated carbocycles. The summed E-state index contributed by atoms with van der Waals surface area (Å²) in [6.45, 7) is 4.47. The minimum absolute atomic E-state index is 0.100. The number of halogens is 1. The molecule has 3 heterocycles. The second kappa shape index (κ2) is 8.83. The number of piperazine rings is 1. The van der Waals surface area contributed by atoms with Crippen molar-refractivity contribution in [1.29, 1.82) is 0 Å². The van der Waals surface area contributed by atoms with Gasteiger partial charge in [-0.05, 0) is 36.7 Å². The molecule has 9 heteroatoms. The third-order valence-corrected chi connectivity index (χ3v) is 6.77. The van der Waals surface area contributed by atoms with Crippen molar-refractivity contribution >= 4 is 17.5 Å². The first-order valence-corrected chi connectivity index (χ1v) is 11.3. The van der Waals surface area contributed by atoms with Crippen LogP contribution in [0.15, 0.2) is 42.5 Å². The van der Waals surface area contributed by atoms with Crippen LogP contribution in [0.25, 0.3) is 0 Å². The van der Waals surface area contributed by atoms with Crippen molar-refractivity contribution in [3.05, 3.63) is 65.0 Å². The highest BCUT2D eigenvalue weighted by atomic mass is 19.1. The summed E-state index contributed by atoms with van der Waals surface area (Å²) in [6, 6.07) is 12.7. The van der Waals surface area contributed by atoms with E-state index in [-0.39, 0.29) is 42.0 Å². The number of likely N-dealkylation sites (N-methyl/N-ethyl adjacent to an activating group) is 1. The molecule has 0 aromatic heterocycles. The van der Waals surface area contributed by atoms with Crippen molar-refractivity contribution < 1.29 is 14.0 Å². The van der Waals surface area contributed by atoms with Gasteiger partial charge in [0.15, 0.2) is 0 Å². The predicted molar refractivity (Wildman–Crippen MR) is 122 cm³/mol. The van der Waals surface area contributed by atoms with Crippen molar-refractivity contribution in [3.63, 3.8) is 0 Å². The summed E-state index contributed by atoms with van der Waals surface area (Å²) >= 11 is 0. The monoisotopic (exact) mass is 452 g/mol. The molecule has 2 amide bonds. The van der Waals surface area contributed by atoms with Crippen molar-refractivity contribution in [2.24, 2.45) is 0 Å². The van der Waals surface area contributed by atoms with Gasteiger partial charge in [-0.2, -0.15) is 0 Å². The maximum absolute atomic E-state index is 14.6. The predicted octanol–water partition coefficient (Wildman–Crippen LogP) is 1.24. The van der Waals surface area contributed by atoms with Crippen LogP contribution in [0.3, 0.4) is 0 Å². The highest BCUT2D eigenvalue weighted by Crippen LogP contribution is 2.32. The molecular formula is C24H29FN6O2. The molecule has 0 aliphatic carbocycles. The Labute approximate surface area is 192 Å². The second-order valence-electron chi connectivity index (χ2n) is 9.16. The van der Waals surface area contributed by atoms with Gasteiger partial charge < -0.3 is 4.90 Å². The number of nitrogens with zero attached hydrogens (tertiary/aromatic N) is 3. The molecule has 174 valence electrons. The maximum atomic E-state index is 14.6. The molecule has 3 aliphatic heterocycles. The molecule has 3 fully saturated rings. The van der Waals surface area contributed by atoms with E-state index in [0.717, 1.165) is 24.2 Å². The summed E-state index contributed by atoms with van der Waals surface area (Å²) in [4.78, 5) is 28.9. The number of carbonyl (C=O) groups excluding carboxylic acids is 2. The van der Waals surface area contributed by atoms with Crippen LogP contribution in [0.4, 0.5) is 10.1 Å². The lowest BCUT2D eigenvalue weighted by Gasteiger charge is -2.37. The van der Waals surface area contributed by atoms with E-state index < -0.39 is 5.82 Å². The van der Waals surface area contributed by atoms with E-state index in [1.165, 1.54) is 11.1 Å². The van der Waals surface area contributed by atoms with Gasteiger partial charge in [0.25, 0.3) is 0 Å². The minimum atomic E-state index is -0.424. The molecule has 3 atom stereocenters. The Kier molecular flexibility index (Phi) is 5.88. The zero-order chi connectivity index (χ0) is 23.1. The molecule has 0 spiro atoms. The molecule has 3 aliphatic rings. The zero-order valence-electron chi connectivity index (χ0n) is 18.8. The lowest BCUT2D eigenvalue weighted by atomic mass is 9.93. The van der Waals surface area contributed by atoms with Gasteiger partial charge >= 0.3 is 0 Å². The van der Waals surface area contributed by atoms with E-state index in [1.807, 2.05) is 29.0 Å². The fourth-order valence-electron chi connectivity index (χ4n) is 4.88. The third-order valence-electron chi connectivity index (χ3n) is 6.77. The van der Waals surface area contributed by atoms with Crippen LogP contribution in [0, 0.1) is 12.7 Å². The molecule has 0 radical (unpaired) electrons. The molecule has 33 heavy (non-hydrogen) atoms. The van der Waals surface area contributed by atoms with E-state index in [4.69, 9.17) is 0 Å². The molecule has 3 saturated heterocycles. The topological polar surface area (TPSA) is 80.0 Å². The lowest BCUT2D eigenvalue weighted by molar-refractivity contribution is -0.136. The SMILES string of the molecule is Cc1cccc(F)c1N1NC2C(CC1=O)NNC2c1ccc(CN2CCN(C)CC2=O)cc1. The number of rotatable bonds is 4. The van der Waals surface area contributed by atoms with Gasteiger partial charge in [-0.3, -0.25) is 19.9 Å². The van der Waals surface area contributed by atoms with E-state index in [9.17, 15) is 14.0 Å². The number of hydrazine groups is 2. The van der Waals surface area contributed by atoms with Crippen LogP contribution in [-0.2, 0) is 16.1 Å². The molecule has 3 unspecified atom stereocenters. The number of hydrogen-bond donors (Lipinski definition) is 3. The number of para-hydroxylation sites is 1. The van der Waals surface area contributed by atoms with Gasteiger partial charge in [0.05, 0.1) is 24.3 Å². The Balaban J connectivity index is 1.31. The van der Waals surface area contributed by atoms with Crippen LogP contribution < -0.4 is 21.3 Å². The number of fused-ring (bicyclic) bond motifs is 1. The van der Waals surface area contributed by atoms with Crippen molar-refractivity contribution in [3.8, 4) is 0 Å². The van der Waals surface area contributed by atoms with E-state index >= 15 is 0 Å². The van der Waals surface area contributed by atoms with Gasteiger partial charge in [0, 0.05) is 32.1 Å². The van der Waals surface area contributed by atoms with Gasteiger partial charge in [-0.25, -0.2) is 20.3 Å². The van der Waals surface area contributed by atoms with Crippen LogP contribution in [0.1, 0.15) is 29.2 Å². The molecule has 8 nitrogen and oxygen atoms in total. The van der Waals surface area contributed by atoms with Crippen LogP contribution >= 0.6 is 0 Å². The molecular weight excluding hydrogens is 423 g/mol. The maximum Gasteiger partial charge on any atom is 0.243 e. The summed E-state index contributed by atoms with van der Waals surface area (Å²) in [5.74, 6) is -0.448. The Morgan fingerprint density at radius 1 is 1.03 bits per heavy atom. The number of aryl methyl sites for hydroxylation is 1. The fraction of sp³-hybridized carbons (Fsp3) is 0.417. The number of benzene rings is 2. The Hall–Kier alpha value is -2.85. The summed E-state index contributed by atoms with van der Waals surface area (Å²) in [5.41, 5.74) is 12.9. The number of amides is 2. The summed E-state index contributed by atoms with van der Waals surface area (Å²) < 4.78 is 14.6. The van der Waals surface area contributed by atoms with Crippen molar-refractivity contribution in [2.45, 2.75) is 38.0 Å². The Morgan fingerprint density at radius 3 is 2.55 bits per heavy atom. The highest BCUT2D eigenvalue weighted by molar-refractivity contribution is 5.94. The summed E-state index contributed by atoms with van der Waals surface area (Å²) in [7, 11) is 1.96. The summed E-state index contributed by atoms with van der Waals surface area (Å²) in [5, 5.41) is 1.36. The van der Waals surface area contributed by atoms with Crippen molar-refractivity contribution in [1.82, 2.24) is 26.1 Å².